The molecular formula is C25H30FN3O3P+. The van der Waals surface area contributed by atoms with Crippen LogP contribution in [-0.2, 0) is 11.2 Å². The molecule has 33 heavy (non-hydrogen) atoms. The Kier molecular flexibility index (Phi) is 6.39. The zero-order chi connectivity index (χ0) is 23.8. The summed E-state index contributed by atoms with van der Waals surface area (Å²) in [6, 6.07) is 12.1. The lowest BCUT2D eigenvalue weighted by molar-refractivity contribution is -0.132. The number of amides is 1. The van der Waals surface area contributed by atoms with Crippen LogP contribution in [0.15, 0.2) is 47.3 Å². The highest BCUT2D eigenvalue weighted by Gasteiger charge is 2.45. The molecule has 1 fully saturated rings. The zero-order valence-electron chi connectivity index (χ0n) is 19.3. The molecule has 3 aromatic rings. The van der Waals surface area contributed by atoms with Gasteiger partial charge in [-0.3, -0.25) is 9.59 Å². The monoisotopic (exact) mass is 470 g/mol. The lowest BCUT2D eigenvalue weighted by Crippen LogP contribution is -2.44. The van der Waals surface area contributed by atoms with Crippen molar-refractivity contribution in [2.24, 2.45) is 5.41 Å². The number of benzene rings is 2. The third kappa shape index (κ3) is 5.15. The van der Waals surface area contributed by atoms with Gasteiger partial charge in [-0.15, -0.1) is 0 Å². The number of nitrogens with one attached hydrogen (secondary N) is 1. The molecule has 0 saturated carbocycles. The molecular weight excluding hydrogens is 440 g/mol. The van der Waals surface area contributed by atoms with Gasteiger partial charge < -0.3 is 4.90 Å². The average Bonchev–Trinajstić information content (AvgIpc) is 2.76. The second kappa shape index (κ2) is 8.96. The minimum atomic E-state index is -2.72. The number of halogens is 1. The predicted molar refractivity (Wildman–Crippen MR) is 131 cm³/mol. The Morgan fingerprint density at radius 2 is 1.82 bits per heavy atom. The summed E-state index contributed by atoms with van der Waals surface area (Å²) in [6.07, 6.45) is 1.64. The molecule has 1 aliphatic rings. The Balaban J connectivity index is 1.56. The molecule has 2 heterocycles. The molecule has 0 radical (unpaired) electrons. The first-order chi connectivity index (χ1) is 15.6. The van der Waals surface area contributed by atoms with Crippen molar-refractivity contribution in [3.05, 3.63) is 69.9 Å². The summed E-state index contributed by atoms with van der Waals surface area (Å²) in [5.74, 6) is -0.331. The van der Waals surface area contributed by atoms with Gasteiger partial charge in [-0.1, -0.05) is 45.0 Å². The number of carbonyl (C=O) groups excluding carboxylic acids is 1. The standard InChI is InChI=1S/C25H29FN3O3P/c1-25(2,3)16-23(30)29-10-12-33(32,13-11-29)22-15-17(8-9-20(22)26)14-21-18-6-4-5-7-19(18)24(31)28-27-21/h4-9,15,32H,10-14,16H2,1-3H3/p+1. The van der Waals surface area contributed by atoms with Crippen LogP contribution in [-0.4, -0.2) is 51.3 Å². The van der Waals surface area contributed by atoms with Crippen LogP contribution in [0, 0.1) is 11.2 Å². The second-order valence-corrected chi connectivity index (χ2v) is 13.2. The van der Waals surface area contributed by atoms with Crippen molar-refractivity contribution in [2.45, 2.75) is 33.6 Å². The van der Waals surface area contributed by atoms with E-state index < -0.39 is 13.3 Å². The fourth-order valence-corrected chi connectivity index (χ4v) is 7.07. The number of H-pyrrole nitrogens is 1. The van der Waals surface area contributed by atoms with Crippen molar-refractivity contribution in [3.8, 4) is 0 Å². The molecule has 6 nitrogen and oxygen atoms in total. The maximum atomic E-state index is 14.8. The van der Waals surface area contributed by atoms with Gasteiger partial charge in [0, 0.05) is 18.2 Å². The number of rotatable bonds is 4. The molecule has 1 saturated heterocycles. The number of aromatic nitrogens is 2. The van der Waals surface area contributed by atoms with Crippen molar-refractivity contribution in [1.82, 2.24) is 15.1 Å². The first-order valence-corrected chi connectivity index (χ1v) is 13.3. The highest BCUT2D eigenvalue weighted by molar-refractivity contribution is 7.77. The van der Waals surface area contributed by atoms with Crippen LogP contribution in [0.2, 0.25) is 0 Å². The van der Waals surface area contributed by atoms with E-state index in [1.54, 1.807) is 29.2 Å². The minimum absolute atomic E-state index is 0.0824. The summed E-state index contributed by atoms with van der Waals surface area (Å²) >= 11 is 0. The molecule has 8 heteroatoms. The van der Waals surface area contributed by atoms with Crippen LogP contribution in [0.4, 0.5) is 4.39 Å². The molecule has 0 spiro atoms. The Hall–Kier alpha value is -2.63. The van der Waals surface area contributed by atoms with Gasteiger partial charge in [0.25, 0.3) is 5.56 Å². The van der Waals surface area contributed by atoms with E-state index >= 15 is 0 Å². The van der Waals surface area contributed by atoms with E-state index in [1.165, 1.54) is 6.07 Å². The lowest BCUT2D eigenvalue weighted by Gasteiger charge is -2.34. The third-order valence-electron chi connectivity index (χ3n) is 6.12. The largest absolute Gasteiger partial charge is 0.335 e. The summed E-state index contributed by atoms with van der Waals surface area (Å²) in [4.78, 5) is 37.8. The van der Waals surface area contributed by atoms with Gasteiger partial charge in [0.2, 0.25) is 5.91 Å². The summed E-state index contributed by atoms with van der Waals surface area (Å²) in [5, 5.41) is 8.42. The van der Waals surface area contributed by atoms with Crippen molar-refractivity contribution < 1.29 is 14.1 Å². The van der Waals surface area contributed by atoms with E-state index in [9.17, 15) is 18.9 Å². The number of nitrogens with zero attached hydrogens (tertiary/aromatic N) is 2. The highest BCUT2D eigenvalue weighted by atomic mass is 31.2. The summed E-state index contributed by atoms with van der Waals surface area (Å²) in [6.45, 7) is 6.96. The van der Waals surface area contributed by atoms with Gasteiger partial charge in [-0.25, -0.2) is 14.4 Å². The third-order valence-corrected chi connectivity index (χ3v) is 9.24. The highest BCUT2D eigenvalue weighted by Crippen LogP contribution is 2.55. The molecule has 2 aromatic carbocycles. The molecule has 1 amide bonds. The normalized spacial score (nSPS) is 16.2. The van der Waals surface area contributed by atoms with Gasteiger partial charge in [-0.2, -0.15) is 5.10 Å². The number of hydrogen-bond acceptors (Lipinski definition) is 4. The molecule has 2 N–H and O–H groups in total. The second-order valence-electron chi connectivity index (χ2n) is 10.00. The summed E-state index contributed by atoms with van der Waals surface area (Å²) < 4.78 is 14.8. The first-order valence-electron chi connectivity index (χ1n) is 11.2. The quantitative estimate of drug-likeness (QED) is 0.572. The fraction of sp³-hybridized carbons (Fsp3) is 0.400. The van der Waals surface area contributed by atoms with Crippen LogP contribution < -0.4 is 10.9 Å². The average molecular weight is 471 g/mol. The molecule has 0 bridgehead atoms. The number of carbonyl (C=O) groups is 1. The topological polar surface area (TPSA) is 86.3 Å². The van der Waals surface area contributed by atoms with Crippen molar-refractivity contribution in [3.63, 3.8) is 0 Å². The van der Waals surface area contributed by atoms with Gasteiger partial charge in [0.15, 0.2) is 18.6 Å². The maximum absolute atomic E-state index is 14.8. The number of fused-ring (bicyclic) bond motifs is 1. The molecule has 4 rings (SSSR count). The van der Waals surface area contributed by atoms with E-state index in [4.69, 9.17) is 0 Å². The fourth-order valence-electron chi connectivity index (χ4n) is 4.34. The van der Waals surface area contributed by atoms with E-state index in [-0.39, 0.29) is 16.9 Å². The van der Waals surface area contributed by atoms with Gasteiger partial charge >= 0.3 is 0 Å². The number of aromatic amines is 1. The van der Waals surface area contributed by atoms with E-state index in [0.29, 0.717) is 54.6 Å². The zero-order valence-corrected chi connectivity index (χ0v) is 20.2. The maximum Gasteiger partial charge on any atom is 0.272 e. The predicted octanol–water partition coefficient (Wildman–Crippen LogP) is 3.48. The van der Waals surface area contributed by atoms with Crippen LogP contribution in [0.25, 0.3) is 10.8 Å². The van der Waals surface area contributed by atoms with Gasteiger partial charge in [0.05, 0.1) is 24.2 Å². The molecule has 0 unspecified atom stereocenters. The van der Waals surface area contributed by atoms with Gasteiger partial charge in [-0.05, 0) is 29.2 Å². The van der Waals surface area contributed by atoms with Crippen molar-refractivity contribution >= 4 is 29.5 Å². The summed E-state index contributed by atoms with van der Waals surface area (Å²) in [7, 11) is -2.72. The minimum Gasteiger partial charge on any atom is -0.335 e. The smallest absolute Gasteiger partial charge is 0.272 e. The Labute approximate surface area is 193 Å². The van der Waals surface area contributed by atoms with Crippen LogP contribution >= 0.6 is 7.49 Å². The molecule has 1 aromatic heterocycles. The van der Waals surface area contributed by atoms with Crippen molar-refractivity contribution in [1.29, 1.82) is 0 Å². The molecule has 1 aliphatic heterocycles. The Morgan fingerprint density at radius 3 is 2.48 bits per heavy atom. The Bertz CT molecular complexity index is 1240. The van der Waals surface area contributed by atoms with Crippen molar-refractivity contribution in [2.75, 3.05) is 25.4 Å². The van der Waals surface area contributed by atoms with E-state index in [0.717, 1.165) is 10.9 Å². The van der Waals surface area contributed by atoms with E-state index in [2.05, 4.69) is 10.2 Å². The van der Waals surface area contributed by atoms with Crippen LogP contribution in [0.1, 0.15) is 38.4 Å². The molecule has 174 valence electrons. The van der Waals surface area contributed by atoms with Crippen LogP contribution in [0.5, 0.6) is 0 Å². The lowest BCUT2D eigenvalue weighted by atomic mass is 9.91. The SMILES string of the molecule is CC(C)(C)CC(=O)N1CC[P+](O)(c2cc(Cc3n[nH]c(=O)c4ccccc34)ccc2F)CC1. The molecule has 0 aliphatic carbocycles. The Morgan fingerprint density at radius 1 is 1.15 bits per heavy atom. The van der Waals surface area contributed by atoms with E-state index in [1.807, 2.05) is 32.9 Å². The van der Waals surface area contributed by atoms with Gasteiger partial charge in [0.1, 0.15) is 12.3 Å². The molecule has 0 atom stereocenters. The number of hydrogen-bond donors (Lipinski definition) is 2. The van der Waals surface area contributed by atoms with Crippen LogP contribution in [0.3, 0.4) is 0 Å². The summed E-state index contributed by atoms with van der Waals surface area (Å²) in [5.41, 5.74) is 1.16. The first kappa shape index (κ1) is 23.5.